The van der Waals surface area contributed by atoms with E-state index in [1.165, 1.54) is 25.6 Å². The Kier molecular flexibility index (Phi) is 5.04. The molecule has 0 bridgehead atoms. The minimum Gasteiger partial charge on any atom is -0.493 e. The third kappa shape index (κ3) is 3.45. The van der Waals surface area contributed by atoms with Crippen LogP contribution in [0.4, 0.5) is 10.1 Å². The lowest BCUT2D eigenvalue weighted by Gasteiger charge is -2.18. The van der Waals surface area contributed by atoms with Crippen molar-refractivity contribution in [2.75, 3.05) is 19.5 Å². The van der Waals surface area contributed by atoms with E-state index in [4.69, 9.17) is 19.9 Å². The zero-order chi connectivity index (χ0) is 18.7. The lowest BCUT2D eigenvalue weighted by molar-refractivity contribution is 0.127. The molecule has 3 rings (SSSR count). The molecule has 1 aromatic heterocycles. The van der Waals surface area contributed by atoms with Gasteiger partial charge in [-0.3, -0.25) is 0 Å². The first-order valence-corrected chi connectivity index (χ1v) is 7.85. The first-order valence-electron chi connectivity index (χ1n) is 7.85. The maximum atomic E-state index is 14.1. The number of aliphatic hydroxyl groups excluding tert-OH is 1. The van der Waals surface area contributed by atoms with Crippen LogP contribution in [0.2, 0.25) is 0 Å². The highest BCUT2D eigenvalue weighted by Gasteiger charge is 2.20. The van der Waals surface area contributed by atoms with Gasteiger partial charge in [0.25, 0.3) is 0 Å². The number of hydrogen-bond donors (Lipinski definition) is 2. The average molecular weight is 359 g/mol. The van der Waals surface area contributed by atoms with Crippen molar-refractivity contribution < 1.29 is 23.7 Å². The fourth-order valence-electron chi connectivity index (χ4n) is 2.37. The van der Waals surface area contributed by atoms with E-state index in [0.29, 0.717) is 22.4 Å². The van der Waals surface area contributed by atoms with Gasteiger partial charge in [0.1, 0.15) is 17.8 Å². The molecule has 1 heterocycles. The van der Waals surface area contributed by atoms with E-state index in [-0.39, 0.29) is 23.9 Å². The molecule has 0 spiro atoms. The Morgan fingerprint density at radius 2 is 1.96 bits per heavy atom. The van der Waals surface area contributed by atoms with E-state index in [2.05, 4.69) is 9.97 Å². The Morgan fingerprint density at radius 1 is 1.19 bits per heavy atom. The molecule has 0 aliphatic heterocycles. The predicted molar refractivity (Wildman–Crippen MR) is 94.2 cm³/mol. The number of fused-ring (bicyclic) bond motifs is 1. The maximum Gasteiger partial charge on any atom is 0.234 e. The van der Waals surface area contributed by atoms with Gasteiger partial charge in [-0.1, -0.05) is 0 Å². The van der Waals surface area contributed by atoms with Gasteiger partial charge in [-0.2, -0.15) is 0 Å². The second kappa shape index (κ2) is 7.40. The van der Waals surface area contributed by atoms with E-state index in [1.807, 2.05) is 0 Å². The molecule has 0 radical (unpaired) electrons. The molecule has 3 aromatic rings. The maximum absolute atomic E-state index is 14.1. The minimum atomic E-state index is -0.620. The minimum absolute atomic E-state index is 0.0387. The van der Waals surface area contributed by atoms with Crippen LogP contribution >= 0.6 is 0 Å². The summed E-state index contributed by atoms with van der Waals surface area (Å²) in [5.74, 6) is 0.153. The smallest absolute Gasteiger partial charge is 0.234 e. The van der Waals surface area contributed by atoms with Crippen LogP contribution in [0.1, 0.15) is 6.92 Å². The lowest BCUT2D eigenvalue weighted by atomic mass is 10.2. The molecular weight excluding hydrogens is 341 g/mol. The van der Waals surface area contributed by atoms with Gasteiger partial charge >= 0.3 is 0 Å². The summed E-state index contributed by atoms with van der Waals surface area (Å²) in [7, 11) is 1.49. The van der Waals surface area contributed by atoms with Gasteiger partial charge in [0, 0.05) is 11.8 Å². The normalized spacial score (nSPS) is 12.0. The highest BCUT2D eigenvalue weighted by Crippen LogP contribution is 2.41. The Hall–Kier alpha value is -3.13. The summed E-state index contributed by atoms with van der Waals surface area (Å²) in [5.41, 5.74) is 6.36. The van der Waals surface area contributed by atoms with Crippen molar-refractivity contribution in [2.45, 2.75) is 13.0 Å². The summed E-state index contributed by atoms with van der Waals surface area (Å²) in [4.78, 5) is 8.29. The molecule has 0 saturated heterocycles. The summed E-state index contributed by atoms with van der Waals surface area (Å²) >= 11 is 0. The Balaban J connectivity index is 2.15. The first-order chi connectivity index (χ1) is 12.5. The van der Waals surface area contributed by atoms with Crippen LogP contribution in [-0.2, 0) is 0 Å². The van der Waals surface area contributed by atoms with Crippen molar-refractivity contribution in [2.24, 2.45) is 0 Å². The van der Waals surface area contributed by atoms with Crippen LogP contribution in [0, 0.1) is 5.82 Å². The van der Waals surface area contributed by atoms with Crippen LogP contribution in [-0.4, -0.2) is 34.9 Å². The van der Waals surface area contributed by atoms with E-state index in [9.17, 15) is 9.50 Å². The largest absolute Gasteiger partial charge is 0.493 e. The molecule has 1 unspecified atom stereocenters. The highest BCUT2D eigenvalue weighted by molar-refractivity contribution is 5.92. The van der Waals surface area contributed by atoms with Crippen molar-refractivity contribution in [3.63, 3.8) is 0 Å². The molecule has 3 N–H and O–H groups in total. The SMILES string of the molecule is COc1ccc2ncnc(Oc3ccc(N)cc3F)c2c1OC(C)CO. The van der Waals surface area contributed by atoms with Crippen molar-refractivity contribution in [1.29, 1.82) is 0 Å². The molecule has 0 aliphatic carbocycles. The molecule has 2 aromatic carbocycles. The summed E-state index contributed by atoms with van der Waals surface area (Å²) in [6.45, 7) is 1.50. The van der Waals surface area contributed by atoms with Gasteiger partial charge < -0.3 is 25.1 Å². The number of halogens is 1. The number of nitrogens with zero attached hydrogens (tertiary/aromatic N) is 2. The van der Waals surface area contributed by atoms with Gasteiger partial charge in [0.15, 0.2) is 23.1 Å². The van der Waals surface area contributed by atoms with Gasteiger partial charge in [0.2, 0.25) is 5.88 Å². The number of nitrogens with two attached hydrogens (primary N) is 1. The number of methoxy groups -OCH3 is 1. The summed E-state index contributed by atoms with van der Waals surface area (Å²) < 4.78 is 30.9. The monoisotopic (exact) mass is 359 g/mol. The number of ether oxygens (including phenoxy) is 3. The molecule has 136 valence electrons. The second-order valence-corrected chi connectivity index (χ2v) is 5.57. The number of anilines is 1. The molecular formula is C18H18FN3O4. The molecule has 1 atom stereocenters. The second-order valence-electron chi connectivity index (χ2n) is 5.57. The number of nitrogen functional groups attached to an aromatic ring is 1. The highest BCUT2D eigenvalue weighted by atomic mass is 19.1. The molecule has 26 heavy (non-hydrogen) atoms. The Morgan fingerprint density at radius 3 is 2.65 bits per heavy atom. The quantitative estimate of drug-likeness (QED) is 0.653. The standard InChI is InChI=1S/C18H18FN3O4/c1-10(8-23)25-17-15(24-2)6-4-13-16(17)18(22-9-21-13)26-14-5-3-11(20)7-12(14)19/h3-7,9-10,23H,8,20H2,1-2H3. The average Bonchev–Trinajstić information content (AvgIpc) is 2.64. The number of aliphatic hydroxyl groups is 1. The number of benzene rings is 2. The fraction of sp³-hybridized carbons (Fsp3) is 0.222. The van der Waals surface area contributed by atoms with Gasteiger partial charge in [-0.05, 0) is 31.2 Å². The van der Waals surface area contributed by atoms with Crippen molar-refractivity contribution >= 4 is 16.6 Å². The molecule has 0 saturated carbocycles. The van der Waals surface area contributed by atoms with Crippen molar-refractivity contribution in [1.82, 2.24) is 9.97 Å². The predicted octanol–water partition coefficient (Wildman–Crippen LogP) is 2.91. The molecule has 0 aliphatic rings. The molecule has 0 amide bonds. The van der Waals surface area contributed by atoms with E-state index in [0.717, 1.165) is 6.07 Å². The number of rotatable bonds is 6. The molecule has 0 fully saturated rings. The third-order valence-electron chi connectivity index (χ3n) is 3.64. The zero-order valence-corrected chi connectivity index (χ0v) is 14.3. The fourth-order valence-corrected chi connectivity index (χ4v) is 2.37. The Bertz CT molecular complexity index is 936. The van der Waals surface area contributed by atoms with Crippen LogP contribution in [0.25, 0.3) is 10.9 Å². The van der Waals surface area contributed by atoms with Crippen molar-refractivity contribution in [3.05, 3.63) is 42.5 Å². The van der Waals surface area contributed by atoms with Crippen LogP contribution in [0.5, 0.6) is 23.1 Å². The van der Waals surface area contributed by atoms with Crippen molar-refractivity contribution in [3.8, 4) is 23.1 Å². The summed E-state index contributed by atoms with van der Waals surface area (Å²) in [6, 6.07) is 7.48. The third-order valence-corrected chi connectivity index (χ3v) is 3.64. The number of aromatic nitrogens is 2. The lowest BCUT2D eigenvalue weighted by Crippen LogP contribution is -2.17. The van der Waals surface area contributed by atoms with Gasteiger partial charge in [0.05, 0.1) is 19.2 Å². The first kappa shape index (κ1) is 17.7. The zero-order valence-electron chi connectivity index (χ0n) is 14.3. The van der Waals surface area contributed by atoms with Crippen LogP contribution < -0.4 is 19.9 Å². The number of hydrogen-bond acceptors (Lipinski definition) is 7. The van der Waals surface area contributed by atoms with Gasteiger partial charge in [-0.25, -0.2) is 14.4 Å². The van der Waals surface area contributed by atoms with Crippen LogP contribution in [0.15, 0.2) is 36.7 Å². The van der Waals surface area contributed by atoms with E-state index in [1.54, 1.807) is 19.1 Å². The van der Waals surface area contributed by atoms with Gasteiger partial charge in [-0.15, -0.1) is 0 Å². The van der Waals surface area contributed by atoms with E-state index < -0.39 is 11.9 Å². The molecule has 7 nitrogen and oxygen atoms in total. The van der Waals surface area contributed by atoms with Crippen LogP contribution in [0.3, 0.4) is 0 Å². The van der Waals surface area contributed by atoms with E-state index >= 15 is 0 Å². The summed E-state index contributed by atoms with van der Waals surface area (Å²) in [6.07, 6.45) is 0.800. The molecule has 8 heteroatoms. The Labute approximate surface area is 149 Å². The topological polar surface area (TPSA) is 99.7 Å². The summed E-state index contributed by atoms with van der Waals surface area (Å²) in [5, 5.41) is 9.71.